The van der Waals surface area contributed by atoms with Gasteiger partial charge in [-0.2, -0.15) is 0 Å². The van der Waals surface area contributed by atoms with Crippen LogP contribution in [-0.2, 0) is 4.74 Å². The summed E-state index contributed by atoms with van der Waals surface area (Å²) in [5, 5.41) is 0.833. The lowest BCUT2D eigenvalue weighted by Crippen LogP contribution is -2.30. The van der Waals surface area contributed by atoms with Crippen LogP contribution in [0.2, 0.25) is 0 Å². The number of fused-ring (bicyclic) bond motifs is 1. The Balaban J connectivity index is 2.56. The van der Waals surface area contributed by atoms with Crippen LogP contribution in [0.5, 0.6) is 5.75 Å². The molecule has 23 heavy (non-hydrogen) atoms. The topological polar surface area (TPSA) is 51.7 Å². The van der Waals surface area contributed by atoms with Crippen LogP contribution in [0.3, 0.4) is 0 Å². The monoisotopic (exact) mass is 352 g/mol. The molecule has 0 saturated heterocycles. The maximum Gasteiger partial charge on any atom is 0.254 e. The summed E-state index contributed by atoms with van der Waals surface area (Å²) in [5.74, 6) is 0.595. The molecule has 0 fully saturated rings. The molecular formula is C16H20N2O3S2. The second-order valence-electron chi connectivity index (χ2n) is 4.82. The number of benzene rings is 1. The molecule has 1 amide bonds. The van der Waals surface area contributed by atoms with Gasteiger partial charge >= 0.3 is 0 Å². The summed E-state index contributed by atoms with van der Waals surface area (Å²) in [6.07, 6.45) is 3.73. The number of ether oxygens (including phenoxy) is 2. The molecule has 0 bridgehead atoms. The van der Waals surface area contributed by atoms with Gasteiger partial charge in [-0.1, -0.05) is 27.7 Å². The zero-order chi connectivity index (χ0) is 16.8. The van der Waals surface area contributed by atoms with E-state index in [-0.39, 0.29) is 5.91 Å². The maximum absolute atomic E-state index is 12.8. The molecule has 0 N–H and O–H groups in total. The minimum atomic E-state index is -0.0703. The first-order chi connectivity index (χ1) is 11.1. The molecule has 0 radical (unpaired) electrons. The van der Waals surface area contributed by atoms with Gasteiger partial charge in [-0.05, 0) is 18.4 Å². The fourth-order valence-corrected chi connectivity index (χ4v) is 3.84. The highest BCUT2D eigenvalue weighted by molar-refractivity contribution is 8.76. The smallest absolute Gasteiger partial charge is 0.254 e. The Bertz CT molecular complexity index is 694. The molecule has 1 aromatic carbocycles. The number of pyridine rings is 1. The average molecular weight is 352 g/mol. The van der Waals surface area contributed by atoms with Crippen molar-refractivity contribution < 1.29 is 14.3 Å². The molecule has 0 aliphatic heterocycles. The minimum absolute atomic E-state index is 0.0703. The van der Waals surface area contributed by atoms with Gasteiger partial charge in [-0.3, -0.25) is 9.78 Å². The third kappa shape index (κ3) is 3.91. The Morgan fingerprint density at radius 2 is 2.17 bits per heavy atom. The fourth-order valence-electron chi connectivity index (χ4n) is 2.22. The van der Waals surface area contributed by atoms with E-state index in [4.69, 9.17) is 9.47 Å². The standard InChI is InChI=1S/C16H20N2O3S2/c1-18(8-9-20-2)16(19)12-10-13(21-3)15(23-22-4)14-11(12)6-5-7-17-14/h5-7,10H,8-9H2,1-4H3. The van der Waals surface area contributed by atoms with Crippen molar-refractivity contribution in [2.75, 3.05) is 40.7 Å². The van der Waals surface area contributed by atoms with Gasteiger partial charge in [-0.15, -0.1) is 0 Å². The Kier molecular flexibility index (Phi) is 6.56. The Labute approximate surface area is 144 Å². The van der Waals surface area contributed by atoms with Gasteiger partial charge in [0.1, 0.15) is 5.75 Å². The van der Waals surface area contributed by atoms with Gasteiger partial charge in [0.25, 0.3) is 5.91 Å². The highest BCUT2D eigenvalue weighted by atomic mass is 33.1. The van der Waals surface area contributed by atoms with Crippen LogP contribution in [0.4, 0.5) is 0 Å². The quantitative estimate of drug-likeness (QED) is 0.713. The second-order valence-corrected chi connectivity index (χ2v) is 7.23. The van der Waals surface area contributed by atoms with Crippen LogP contribution >= 0.6 is 21.6 Å². The van der Waals surface area contributed by atoms with Crippen molar-refractivity contribution in [1.29, 1.82) is 0 Å². The zero-order valence-electron chi connectivity index (χ0n) is 13.7. The Morgan fingerprint density at radius 3 is 2.83 bits per heavy atom. The molecular weight excluding hydrogens is 332 g/mol. The van der Waals surface area contributed by atoms with Crippen LogP contribution in [0.25, 0.3) is 10.9 Å². The van der Waals surface area contributed by atoms with Crippen molar-refractivity contribution in [2.24, 2.45) is 0 Å². The number of likely N-dealkylation sites (N-methyl/N-ethyl adjacent to an activating group) is 1. The summed E-state index contributed by atoms with van der Waals surface area (Å²) >= 11 is 0. The van der Waals surface area contributed by atoms with Crippen molar-refractivity contribution >= 4 is 38.4 Å². The van der Waals surface area contributed by atoms with E-state index in [9.17, 15) is 4.79 Å². The van der Waals surface area contributed by atoms with Crippen LogP contribution in [-0.4, -0.2) is 56.5 Å². The molecule has 1 aromatic heterocycles. The van der Waals surface area contributed by atoms with E-state index < -0.39 is 0 Å². The Morgan fingerprint density at radius 1 is 1.39 bits per heavy atom. The number of carbonyl (C=O) groups is 1. The van der Waals surface area contributed by atoms with Crippen molar-refractivity contribution in [3.63, 3.8) is 0 Å². The van der Waals surface area contributed by atoms with E-state index >= 15 is 0 Å². The normalized spacial score (nSPS) is 10.8. The first-order valence-electron chi connectivity index (χ1n) is 7.04. The summed E-state index contributed by atoms with van der Waals surface area (Å²) in [6.45, 7) is 1.02. The van der Waals surface area contributed by atoms with Crippen molar-refractivity contribution in [2.45, 2.75) is 4.90 Å². The number of nitrogens with zero attached hydrogens (tertiary/aromatic N) is 2. The zero-order valence-corrected chi connectivity index (χ0v) is 15.3. The lowest BCUT2D eigenvalue weighted by molar-refractivity contribution is 0.0745. The van der Waals surface area contributed by atoms with E-state index in [0.717, 1.165) is 15.8 Å². The van der Waals surface area contributed by atoms with Gasteiger partial charge < -0.3 is 14.4 Å². The van der Waals surface area contributed by atoms with Crippen LogP contribution in [0.1, 0.15) is 10.4 Å². The third-order valence-electron chi connectivity index (χ3n) is 3.41. The number of rotatable bonds is 7. The number of amides is 1. The predicted octanol–water partition coefficient (Wildman–Crippen LogP) is 3.33. The van der Waals surface area contributed by atoms with Crippen molar-refractivity contribution in [1.82, 2.24) is 9.88 Å². The molecule has 1 heterocycles. The molecule has 0 saturated carbocycles. The summed E-state index contributed by atoms with van der Waals surface area (Å²) < 4.78 is 10.5. The summed E-state index contributed by atoms with van der Waals surface area (Å²) in [7, 11) is 8.19. The van der Waals surface area contributed by atoms with Crippen molar-refractivity contribution in [3.8, 4) is 5.75 Å². The molecule has 0 spiro atoms. The largest absolute Gasteiger partial charge is 0.495 e. The first kappa shape index (κ1) is 17.9. The lowest BCUT2D eigenvalue weighted by Gasteiger charge is -2.19. The van der Waals surface area contributed by atoms with E-state index in [0.29, 0.717) is 24.5 Å². The predicted molar refractivity (Wildman–Crippen MR) is 96.5 cm³/mol. The summed E-state index contributed by atoms with van der Waals surface area (Å²) in [4.78, 5) is 19.8. The van der Waals surface area contributed by atoms with Crippen LogP contribution in [0.15, 0.2) is 29.3 Å². The Hall–Kier alpha value is -1.44. The van der Waals surface area contributed by atoms with Gasteiger partial charge in [0.15, 0.2) is 0 Å². The molecule has 5 nitrogen and oxygen atoms in total. The highest BCUT2D eigenvalue weighted by Gasteiger charge is 2.20. The van der Waals surface area contributed by atoms with Gasteiger partial charge in [0.05, 0.1) is 29.7 Å². The van der Waals surface area contributed by atoms with Gasteiger partial charge in [0.2, 0.25) is 0 Å². The summed E-state index contributed by atoms with van der Waals surface area (Å²) in [6, 6.07) is 5.56. The molecule has 0 aliphatic carbocycles. The minimum Gasteiger partial charge on any atom is -0.495 e. The van der Waals surface area contributed by atoms with Crippen molar-refractivity contribution in [3.05, 3.63) is 30.0 Å². The van der Waals surface area contributed by atoms with E-state index in [1.54, 1.807) is 60.0 Å². The molecule has 0 aliphatic rings. The lowest BCUT2D eigenvalue weighted by atomic mass is 10.1. The number of aromatic nitrogens is 1. The molecule has 7 heteroatoms. The summed E-state index contributed by atoms with van der Waals surface area (Å²) in [5.41, 5.74) is 1.38. The van der Waals surface area contributed by atoms with Crippen LogP contribution in [0, 0.1) is 0 Å². The molecule has 0 atom stereocenters. The first-order valence-corrected chi connectivity index (χ1v) is 9.60. The van der Waals surface area contributed by atoms with Gasteiger partial charge in [0, 0.05) is 32.3 Å². The number of hydrogen-bond donors (Lipinski definition) is 0. The fraction of sp³-hybridized carbons (Fsp3) is 0.375. The third-order valence-corrected chi connectivity index (χ3v) is 5.13. The SMILES string of the molecule is COCCN(C)C(=O)c1cc(OC)c(SSC)c2ncccc12. The van der Waals surface area contributed by atoms with Gasteiger partial charge in [-0.25, -0.2) is 0 Å². The number of carbonyl (C=O) groups excluding carboxylic acids is 1. The molecule has 2 rings (SSSR count). The molecule has 2 aromatic rings. The second kappa shape index (κ2) is 8.42. The van der Waals surface area contributed by atoms with Crippen LogP contribution < -0.4 is 4.74 Å². The number of hydrogen-bond acceptors (Lipinski definition) is 6. The highest BCUT2D eigenvalue weighted by Crippen LogP contribution is 2.42. The molecule has 0 unspecified atom stereocenters. The van der Waals surface area contributed by atoms with E-state index in [2.05, 4.69) is 4.98 Å². The average Bonchev–Trinajstić information content (AvgIpc) is 2.59. The molecule has 124 valence electrons. The number of methoxy groups -OCH3 is 2. The van der Waals surface area contributed by atoms with E-state index in [1.807, 2.05) is 18.4 Å². The maximum atomic E-state index is 12.8. The van der Waals surface area contributed by atoms with E-state index in [1.165, 1.54) is 0 Å².